The first-order valence-electron chi connectivity index (χ1n) is 10.8. The molecule has 0 aliphatic carbocycles. The van der Waals surface area contributed by atoms with E-state index >= 15 is 0 Å². The Hall–Kier alpha value is -4.33. The first-order chi connectivity index (χ1) is 16.5. The van der Waals surface area contributed by atoms with Crippen molar-refractivity contribution in [2.24, 2.45) is 0 Å². The molecule has 1 unspecified atom stereocenters. The summed E-state index contributed by atoms with van der Waals surface area (Å²) >= 11 is 0. The van der Waals surface area contributed by atoms with E-state index in [1.54, 1.807) is 48.9 Å². The molecule has 2 aromatic heterocycles. The highest BCUT2D eigenvalue weighted by Gasteiger charge is 2.38. The number of halogens is 1. The van der Waals surface area contributed by atoms with Crippen LogP contribution in [0, 0.1) is 12.7 Å². The van der Waals surface area contributed by atoms with Gasteiger partial charge >= 0.3 is 0 Å². The maximum absolute atomic E-state index is 13.6. The SMILES string of the molecule is COc1cc(/C=C2/C(=O)N(C(C)c3ccc(F)cc3)c3nccnc32)ccc1-n1cnc(C)c1. The number of ether oxygens (including phenoxy) is 1. The lowest BCUT2D eigenvalue weighted by Crippen LogP contribution is -2.30. The van der Waals surface area contributed by atoms with Crippen LogP contribution in [0.3, 0.4) is 0 Å². The monoisotopic (exact) mass is 455 g/mol. The Bertz CT molecular complexity index is 1410. The minimum atomic E-state index is -0.351. The van der Waals surface area contributed by atoms with Crippen molar-refractivity contribution in [2.45, 2.75) is 19.9 Å². The van der Waals surface area contributed by atoms with E-state index in [1.165, 1.54) is 12.1 Å². The third-order valence-corrected chi connectivity index (χ3v) is 5.86. The first-order valence-corrected chi connectivity index (χ1v) is 10.8. The smallest absolute Gasteiger partial charge is 0.262 e. The van der Waals surface area contributed by atoms with Crippen LogP contribution in [0.1, 0.15) is 35.5 Å². The average Bonchev–Trinajstić information content (AvgIpc) is 3.40. The fourth-order valence-corrected chi connectivity index (χ4v) is 4.12. The number of hydrogen-bond donors (Lipinski definition) is 0. The minimum absolute atomic E-state index is 0.216. The van der Waals surface area contributed by atoms with Gasteiger partial charge < -0.3 is 9.30 Å². The van der Waals surface area contributed by atoms with Crippen molar-refractivity contribution < 1.29 is 13.9 Å². The molecule has 0 N–H and O–H groups in total. The molecule has 1 aliphatic heterocycles. The van der Waals surface area contributed by atoms with E-state index < -0.39 is 0 Å². The van der Waals surface area contributed by atoms with Crippen LogP contribution in [0.5, 0.6) is 5.75 Å². The summed E-state index contributed by atoms with van der Waals surface area (Å²) < 4.78 is 20.9. The number of aromatic nitrogens is 4. The molecule has 0 saturated heterocycles. The Kier molecular flexibility index (Phi) is 5.41. The van der Waals surface area contributed by atoms with Crippen LogP contribution in [0.15, 0.2) is 67.4 Å². The Balaban J connectivity index is 1.54. The number of carbonyl (C=O) groups excluding carboxylic acids is 1. The van der Waals surface area contributed by atoms with E-state index in [4.69, 9.17) is 4.74 Å². The van der Waals surface area contributed by atoms with Crippen LogP contribution in [0.25, 0.3) is 17.3 Å². The Morgan fingerprint density at radius 3 is 2.53 bits per heavy atom. The van der Waals surface area contributed by atoms with E-state index in [9.17, 15) is 9.18 Å². The number of amides is 1. The summed E-state index contributed by atoms with van der Waals surface area (Å²) in [5.74, 6) is 0.583. The van der Waals surface area contributed by atoms with Gasteiger partial charge in [0.1, 0.15) is 17.3 Å². The van der Waals surface area contributed by atoms with Crippen LogP contribution in [0.4, 0.5) is 10.2 Å². The van der Waals surface area contributed by atoms with Crippen molar-refractivity contribution in [1.29, 1.82) is 0 Å². The van der Waals surface area contributed by atoms with Crippen LogP contribution in [0.2, 0.25) is 0 Å². The molecule has 0 bridgehead atoms. The highest BCUT2D eigenvalue weighted by molar-refractivity contribution is 6.35. The Labute approximate surface area is 196 Å². The van der Waals surface area contributed by atoms with E-state index in [0.29, 0.717) is 22.8 Å². The number of aryl methyl sites for hydroxylation is 1. The topological polar surface area (TPSA) is 73.1 Å². The van der Waals surface area contributed by atoms with E-state index in [1.807, 2.05) is 42.8 Å². The van der Waals surface area contributed by atoms with Crippen molar-refractivity contribution in [2.75, 3.05) is 12.0 Å². The van der Waals surface area contributed by atoms with E-state index in [0.717, 1.165) is 22.5 Å². The van der Waals surface area contributed by atoms with Crippen LogP contribution in [-0.4, -0.2) is 32.5 Å². The molecule has 34 heavy (non-hydrogen) atoms. The highest BCUT2D eigenvalue weighted by atomic mass is 19.1. The third-order valence-electron chi connectivity index (χ3n) is 5.86. The number of fused-ring (bicyclic) bond motifs is 1. The number of carbonyl (C=O) groups is 1. The molecular formula is C26H22FN5O2. The van der Waals surface area contributed by atoms with Gasteiger partial charge in [0.05, 0.1) is 36.4 Å². The molecule has 170 valence electrons. The van der Waals surface area contributed by atoms with Crippen LogP contribution < -0.4 is 9.64 Å². The average molecular weight is 455 g/mol. The Morgan fingerprint density at radius 2 is 1.82 bits per heavy atom. The van der Waals surface area contributed by atoms with E-state index in [2.05, 4.69) is 15.0 Å². The van der Waals surface area contributed by atoms with Gasteiger partial charge in [-0.05, 0) is 55.3 Å². The summed E-state index contributed by atoms with van der Waals surface area (Å²) in [5.41, 5.74) is 4.27. The van der Waals surface area contributed by atoms with Gasteiger partial charge in [0, 0.05) is 18.6 Å². The second-order valence-corrected chi connectivity index (χ2v) is 8.04. The zero-order valence-corrected chi connectivity index (χ0v) is 18.9. The maximum Gasteiger partial charge on any atom is 0.262 e. The zero-order chi connectivity index (χ0) is 23.8. The molecule has 0 fully saturated rings. The van der Waals surface area contributed by atoms with Gasteiger partial charge in [-0.25, -0.2) is 14.4 Å². The molecule has 0 spiro atoms. The van der Waals surface area contributed by atoms with Gasteiger partial charge in [0.15, 0.2) is 5.82 Å². The van der Waals surface area contributed by atoms with Gasteiger partial charge in [-0.2, -0.15) is 0 Å². The normalized spacial score (nSPS) is 15.0. The lowest BCUT2D eigenvalue weighted by Gasteiger charge is -2.24. The second kappa shape index (κ2) is 8.55. The molecule has 0 radical (unpaired) electrons. The summed E-state index contributed by atoms with van der Waals surface area (Å²) in [6.07, 6.45) is 8.56. The molecule has 5 rings (SSSR count). The molecule has 4 aromatic rings. The number of methoxy groups -OCH3 is 1. The number of hydrogen-bond acceptors (Lipinski definition) is 5. The fraction of sp³-hybridized carbons (Fsp3) is 0.154. The quantitative estimate of drug-likeness (QED) is 0.406. The summed E-state index contributed by atoms with van der Waals surface area (Å²) in [7, 11) is 1.60. The number of nitrogens with zero attached hydrogens (tertiary/aromatic N) is 5. The fourth-order valence-electron chi connectivity index (χ4n) is 4.12. The van der Waals surface area contributed by atoms with Crippen molar-refractivity contribution in [1.82, 2.24) is 19.5 Å². The van der Waals surface area contributed by atoms with Gasteiger partial charge in [-0.1, -0.05) is 18.2 Å². The van der Waals surface area contributed by atoms with Crippen molar-refractivity contribution in [3.8, 4) is 11.4 Å². The molecule has 0 saturated carbocycles. The molecule has 8 heteroatoms. The number of rotatable bonds is 5. The molecule has 3 heterocycles. The summed E-state index contributed by atoms with van der Waals surface area (Å²) in [4.78, 5) is 28.3. The van der Waals surface area contributed by atoms with Gasteiger partial charge in [-0.15, -0.1) is 0 Å². The molecule has 1 atom stereocenters. The van der Waals surface area contributed by atoms with Gasteiger partial charge in [0.25, 0.3) is 5.91 Å². The summed E-state index contributed by atoms with van der Waals surface area (Å²) in [6.45, 7) is 3.81. The van der Waals surface area contributed by atoms with Crippen LogP contribution >= 0.6 is 0 Å². The number of imidazole rings is 1. The number of benzene rings is 2. The lowest BCUT2D eigenvalue weighted by atomic mass is 10.1. The van der Waals surface area contributed by atoms with Gasteiger partial charge in [-0.3, -0.25) is 14.7 Å². The maximum atomic E-state index is 13.6. The summed E-state index contributed by atoms with van der Waals surface area (Å²) in [5, 5.41) is 0. The van der Waals surface area contributed by atoms with Crippen LogP contribution in [-0.2, 0) is 4.79 Å². The zero-order valence-electron chi connectivity index (χ0n) is 18.9. The molecule has 1 amide bonds. The van der Waals surface area contributed by atoms with E-state index in [-0.39, 0.29) is 17.8 Å². The standard InChI is InChI=1S/C26H22FN5O2/c1-16-14-31(15-30-16)22-9-4-18(13-23(22)34-3)12-21-24-25(29-11-10-28-24)32(26(21)33)17(2)19-5-7-20(27)8-6-19/h4-15,17H,1-3H3/b21-12+. The van der Waals surface area contributed by atoms with Crippen molar-refractivity contribution in [3.05, 3.63) is 95.7 Å². The lowest BCUT2D eigenvalue weighted by molar-refractivity contribution is -0.113. The third kappa shape index (κ3) is 3.73. The van der Waals surface area contributed by atoms with Gasteiger partial charge in [0.2, 0.25) is 0 Å². The second-order valence-electron chi connectivity index (χ2n) is 8.04. The summed E-state index contributed by atoms with van der Waals surface area (Å²) in [6, 6.07) is 11.5. The molecular weight excluding hydrogens is 433 g/mol. The van der Waals surface area contributed by atoms with Crippen molar-refractivity contribution in [3.63, 3.8) is 0 Å². The number of anilines is 1. The highest BCUT2D eigenvalue weighted by Crippen LogP contribution is 2.40. The Morgan fingerprint density at radius 1 is 1.06 bits per heavy atom. The molecule has 7 nitrogen and oxygen atoms in total. The molecule has 2 aromatic carbocycles. The molecule has 1 aliphatic rings. The predicted octanol–water partition coefficient (Wildman–Crippen LogP) is 4.77. The minimum Gasteiger partial charge on any atom is -0.495 e. The first kappa shape index (κ1) is 21.5. The largest absolute Gasteiger partial charge is 0.495 e. The predicted molar refractivity (Wildman–Crippen MR) is 127 cm³/mol. The van der Waals surface area contributed by atoms with Crippen molar-refractivity contribution >= 4 is 23.4 Å².